The lowest BCUT2D eigenvalue weighted by atomic mass is 9.44. The number of Topliss-reactive ketones (excluding diaryl/α,β-unsaturated/α-hetero) is 2. The van der Waals surface area contributed by atoms with E-state index in [0.717, 1.165) is 44.9 Å². The highest BCUT2D eigenvalue weighted by atomic mass is 16.5. The van der Waals surface area contributed by atoms with Crippen LogP contribution in [0.1, 0.15) is 82.5 Å². The van der Waals surface area contributed by atoms with Gasteiger partial charge >= 0.3 is 5.97 Å². The van der Waals surface area contributed by atoms with Crippen LogP contribution < -0.4 is 0 Å². The van der Waals surface area contributed by atoms with Crippen molar-refractivity contribution in [3.8, 4) is 0 Å². The van der Waals surface area contributed by atoms with Gasteiger partial charge in [-0.15, -0.1) is 0 Å². The molecule has 5 rings (SSSR count). The molecule has 8 atom stereocenters. The van der Waals surface area contributed by atoms with Crippen molar-refractivity contribution in [1.82, 2.24) is 0 Å². The van der Waals surface area contributed by atoms with Crippen LogP contribution in [0.3, 0.4) is 0 Å². The van der Waals surface area contributed by atoms with Gasteiger partial charge in [0, 0.05) is 17.8 Å². The fourth-order valence-electron chi connectivity index (χ4n) is 8.48. The zero-order valence-electron chi connectivity index (χ0n) is 19.6. The number of esters is 1. The van der Waals surface area contributed by atoms with E-state index < -0.39 is 5.41 Å². The highest BCUT2D eigenvalue weighted by Gasteiger charge is 2.64. The molecule has 0 bridgehead atoms. The summed E-state index contributed by atoms with van der Waals surface area (Å²) in [6, 6.07) is 9.25. The molecule has 0 saturated heterocycles. The fraction of sp³-hybridized carbons (Fsp3) is 0.679. The maximum atomic E-state index is 13.5. The molecule has 0 aliphatic heterocycles. The van der Waals surface area contributed by atoms with Crippen LogP contribution in [0.15, 0.2) is 30.3 Å². The number of carbonyl (C=O) groups excluding carboxylic acids is 3. The van der Waals surface area contributed by atoms with E-state index in [-0.39, 0.29) is 29.2 Å². The minimum Gasteiger partial charge on any atom is -0.459 e. The molecule has 1 aromatic rings. The Balaban J connectivity index is 1.32. The van der Waals surface area contributed by atoms with Crippen LogP contribution in [0.25, 0.3) is 0 Å². The molecule has 0 unspecified atom stereocenters. The summed E-state index contributed by atoms with van der Waals surface area (Å²) in [5, 5.41) is 0. The Morgan fingerprint density at radius 3 is 2.44 bits per heavy atom. The van der Waals surface area contributed by atoms with Gasteiger partial charge in [-0.1, -0.05) is 32.0 Å². The number of ether oxygens (including phenoxy) is 1. The fourth-order valence-corrected chi connectivity index (χ4v) is 8.48. The molecule has 4 aliphatic carbocycles. The van der Waals surface area contributed by atoms with Gasteiger partial charge < -0.3 is 4.74 Å². The van der Waals surface area contributed by atoms with Gasteiger partial charge in [0.1, 0.15) is 17.7 Å². The lowest BCUT2D eigenvalue weighted by Crippen LogP contribution is -2.57. The number of hydrogen-bond donors (Lipinski definition) is 0. The molecule has 1 aromatic carbocycles. The molecule has 0 radical (unpaired) electrons. The van der Waals surface area contributed by atoms with Crippen molar-refractivity contribution in [2.45, 2.75) is 78.2 Å². The second-order valence-corrected chi connectivity index (χ2v) is 11.5. The second-order valence-electron chi connectivity index (χ2n) is 11.5. The van der Waals surface area contributed by atoms with Crippen molar-refractivity contribution in [2.75, 3.05) is 0 Å². The summed E-state index contributed by atoms with van der Waals surface area (Å²) in [6.45, 7) is 6.18. The van der Waals surface area contributed by atoms with Gasteiger partial charge in [0.2, 0.25) is 0 Å². The van der Waals surface area contributed by atoms with Gasteiger partial charge in [0.25, 0.3) is 0 Å². The van der Waals surface area contributed by atoms with E-state index in [4.69, 9.17) is 4.74 Å². The molecule has 0 heterocycles. The van der Waals surface area contributed by atoms with Crippen LogP contribution in [0.4, 0.5) is 0 Å². The van der Waals surface area contributed by atoms with Gasteiger partial charge in [0.15, 0.2) is 0 Å². The maximum absolute atomic E-state index is 13.5. The summed E-state index contributed by atoms with van der Waals surface area (Å²) in [4.78, 5) is 38.4. The summed E-state index contributed by atoms with van der Waals surface area (Å²) in [7, 11) is 0. The molecule has 0 aromatic heterocycles. The Morgan fingerprint density at radius 2 is 1.72 bits per heavy atom. The lowest BCUT2D eigenvalue weighted by molar-refractivity contribution is -0.161. The Bertz CT molecular complexity index is 923. The number of benzene rings is 1. The average molecular weight is 437 g/mol. The molecule has 4 aliphatic rings. The smallest absolute Gasteiger partial charge is 0.338 e. The van der Waals surface area contributed by atoms with Crippen LogP contribution in [0.5, 0.6) is 0 Å². The summed E-state index contributed by atoms with van der Waals surface area (Å²) in [5.41, 5.74) is 0.297. The summed E-state index contributed by atoms with van der Waals surface area (Å²) in [5.74, 6) is 2.03. The van der Waals surface area contributed by atoms with E-state index in [1.54, 1.807) is 19.1 Å². The molecule has 4 heteroatoms. The Labute approximate surface area is 191 Å². The lowest BCUT2D eigenvalue weighted by Gasteiger charge is -2.60. The minimum atomic E-state index is -0.446. The topological polar surface area (TPSA) is 60.4 Å². The van der Waals surface area contributed by atoms with Gasteiger partial charge in [-0.05, 0) is 93.1 Å². The molecule has 172 valence electrons. The van der Waals surface area contributed by atoms with Crippen molar-refractivity contribution in [2.24, 2.45) is 40.4 Å². The predicted molar refractivity (Wildman–Crippen MR) is 122 cm³/mol. The molecule has 4 nitrogen and oxygen atoms in total. The molecule has 4 saturated carbocycles. The highest BCUT2D eigenvalue weighted by molar-refractivity contribution is 5.93. The minimum absolute atomic E-state index is 0.0320. The van der Waals surface area contributed by atoms with E-state index in [9.17, 15) is 14.4 Å². The Morgan fingerprint density at radius 1 is 0.969 bits per heavy atom. The van der Waals surface area contributed by atoms with Gasteiger partial charge in [-0.3, -0.25) is 9.59 Å². The number of fused-ring (bicyclic) bond motifs is 5. The predicted octanol–water partition coefficient (Wildman–Crippen LogP) is 5.64. The third-order valence-electron chi connectivity index (χ3n) is 10.3. The van der Waals surface area contributed by atoms with Gasteiger partial charge in [-0.25, -0.2) is 4.79 Å². The van der Waals surface area contributed by atoms with Crippen molar-refractivity contribution >= 4 is 17.5 Å². The van der Waals surface area contributed by atoms with E-state index in [2.05, 4.69) is 13.8 Å². The van der Waals surface area contributed by atoms with E-state index in [0.29, 0.717) is 41.4 Å². The second kappa shape index (κ2) is 7.81. The molecular formula is C28H36O4. The standard InChI is InChI=1S/C28H36O4/c1-17(29)22-11-12-23-21-10-9-19-15-20(32-26(31)18-7-5-4-6-8-18)13-14-27(19,2)24(21)16-25(30)28(22,23)3/h4-8,19-24H,9-16H2,1-3H3/t19-,20+,21+,22-,23+,24+,27+,28-/m1/s1. The number of ketones is 2. The molecule has 0 amide bonds. The third-order valence-corrected chi connectivity index (χ3v) is 10.3. The van der Waals surface area contributed by atoms with Crippen molar-refractivity contribution in [1.29, 1.82) is 0 Å². The summed E-state index contributed by atoms with van der Waals surface area (Å²) < 4.78 is 5.91. The van der Waals surface area contributed by atoms with Crippen LogP contribution in [0, 0.1) is 40.4 Å². The summed E-state index contributed by atoms with van der Waals surface area (Å²) in [6.07, 6.45) is 7.57. The average Bonchev–Trinajstić information content (AvgIpc) is 3.14. The van der Waals surface area contributed by atoms with Crippen LogP contribution in [0.2, 0.25) is 0 Å². The first-order chi connectivity index (χ1) is 15.2. The molecule has 32 heavy (non-hydrogen) atoms. The van der Waals surface area contributed by atoms with Crippen LogP contribution in [-0.2, 0) is 14.3 Å². The number of rotatable bonds is 3. The quantitative estimate of drug-likeness (QED) is 0.576. The maximum Gasteiger partial charge on any atom is 0.338 e. The number of hydrogen-bond acceptors (Lipinski definition) is 4. The molecular weight excluding hydrogens is 400 g/mol. The summed E-state index contributed by atoms with van der Waals surface area (Å²) >= 11 is 0. The molecule has 0 N–H and O–H groups in total. The largest absolute Gasteiger partial charge is 0.459 e. The van der Waals surface area contributed by atoms with E-state index >= 15 is 0 Å². The van der Waals surface area contributed by atoms with Crippen LogP contribution >= 0.6 is 0 Å². The SMILES string of the molecule is CC(=O)[C@H]1CC[C@H]2[C@@H]3CC[C@@H]4C[C@@H](OC(=O)c5ccccc5)CC[C@]4(C)[C@H]3CC(=O)[C@]12C. The van der Waals surface area contributed by atoms with Crippen molar-refractivity contribution < 1.29 is 19.1 Å². The zero-order valence-corrected chi connectivity index (χ0v) is 19.6. The Hall–Kier alpha value is -1.97. The van der Waals surface area contributed by atoms with E-state index in [1.807, 2.05) is 18.2 Å². The first-order valence-electron chi connectivity index (χ1n) is 12.5. The normalized spacial score (nSPS) is 43.0. The van der Waals surface area contributed by atoms with Crippen molar-refractivity contribution in [3.05, 3.63) is 35.9 Å². The monoisotopic (exact) mass is 436 g/mol. The molecule has 4 fully saturated rings. The van der Waals surface area contributed by atoms with Crippen molar-refractivity contribution in [3.63, 3.8) is 0 Å². The van der Waals surface area contributed by atoms with E-state index in [1.165, 1.54) is 0 Å². The van der Waals surface area contributed by atoms with Gasteiger partial charge in [-0.2, -0.15) is 0 Å². The van der Waals surface area contributed by atoms with Gasteiger partial charge in [0.05, 0.1) is 5.56 Å². The van der Waals surface area contributed by atoms with Crippen LogP contribution in [-0.4, -0.2) is 23.6 Å². The third kappa shape index (κ3) is 3.20. The highest BCUT2D eigenvalue weighted by Crippen LogP contribution is 2.66. The Kier molecular flexibility index (Phi) is 5.34. The zero-order chi connectivity index (χ0) is 22.7. The first-order valence-corrected chi connectivity index (χ1v) is 12.5. The molecule has 0 spiro atoms. The number of carbonyl (C=O) groups is 3. The first kappa shape index (κ1) is 21.9.